The first-order chi connectivity index (χ1) is 10.1. The molecule has 2 aromatic carbocycles. The number of hydrogen-bond donors (Lipinski definition) is 1. The van der Waals surface area contributed by atoms with Crippen molar-refractivity contribution < 1.29 is 4.92 Å². The van der Waals surface area contributed by atoms with E-state index in [1.54, 1.807) is 12.1 Å². The number of aryl methyl sites for hydroxylation is 1. The van der Waals surface area contributed by atoms with Gasteiger partial charge in [-0.15, -0.1) is 12.4 Å². The summed E-state index contributed by atoms with van der Waals surface area (Å²) in [5.41, 5.74) is 9.89. The van der Waals surface area contributed by atoms with Crippen molar-refractivity contribution in [2.75, 3.05) is 0 Å². The molecular formula is C16H16ClN3O2. The van der Waals surface area contributed by atoms with Gasteiger partial charge < -0.3 is 10.3 Å². The molecule has 0 aliphatic heterocycles. The molecule has 0 unspecified atom stereocenters. The lowest BCUT2D eigenvalue weighted by atomic mass is 10.0. The van der Waals surface area contributed by atoms with Crippen molar-refractivity contribution in [3.05, 3.63) is 64.3 Å². The largest absolute Gasteiger partial charge is 0.346 e. The lowest BCUT2D eigenvalue weighted by molar-refractivity contribution is -0.384. The van der Waals surface area contributed by atoms with Crippen LogP contribution in [-0.2, 0) is 13.6 Å². The van der Waals surface area contributed by atoms with Crippen LogP contribution in [0.4, 0.5) is 5.69 Å². The maximum absolute atomic E-state index is 11.0. The molecule has 0 atom stereocenters. The van der Waals surface area contributed by atoms with Crippen molar-refractivity contribution in [2.45, 2.75) is 6.54 Å². The summed E-state index contributed by atoms with van der Waals surface area (Å²) in [6, 6.07) is 14.8. The minimum Gasteiger partial charge on any atom is -0.346 e. The van der Waals surface area contributed by atoms with Gasteiger partial charge in [-0.1, -0.05) is 30.3 Å². The summed E-state index contributed by atoms with van der Waals surface area (Å²) in [4.78, 5) is 10.7. The molecule has 0 radical (unpaired) electrons. The third-order valence-corrected chi connectivity index (χ3v) is 3.77. The Balaban J connectivity index is 0.00000176. The van der Waals surface area contributed by atoms with Gasteiger partial charge in [0.25, 0.3) is 5.69 Å². The number of aromatic nitrogens is 1. The third kappa shape index (κ3) is 2.45. The first kappa shape index (κ1) is 16.0. The molecule has 0 aliphatic rings. The van der Waals surface area contributed by atoms with Crippen molar-refractivity contribution in [2.24, 2.45) is 12.8 Å². The molecule has 0 saturated carbocycles. The van der Waals surface area contributed by atoms with Gasteiger partial charge in [-0.25, -0.2) is 0 Å². The molecule has 6 heteroatoms. The number of nitrogens with two attached hydrogens (primary N) is 1. The van der Waals surface area contributed by atoms with Gasteiger partial charge in [0.15, 0.2) is 0 Å². The molecule has 0 bridgehead atoms. The molecule has 1 aromatic heterocycles. The highest BCUT2D eigenvalue weighted by molar-refractivity contribution is 5.99. The van der Waals surface area contributed by atoms with Crippen molar-refractivity contribution in [3.63, 3.8) is 0 Å². The molecule has 22 heavy (non-hydrogen) atoms. The Bertz CT molecular complexity index is 828. The van der Waals surface area contributed by atoms with E-state index in [2.05, 4.69) is 0 Å². The second-order valence-electron chi connectivity index (χ2n) is 4.91. The van der Waals surface area contributed by atoms with Crippen molar-refractivity contribution >= 4 is 29.0 Å². The van der Waals surface area contributed by atoms with Gasteiger partial charge in [0.05, 0.1) is 4.92 Å². The van der Waals surface area contributed by atoms with E-state index in [0.29, 0.717) is 6.54 Å². The second kappa shape index (κ2) is 6.17. The number of nitro benzene ring substituents is 1. The maximum Gasteiger partial charge on any atom is 0.270 e. The van der Waals surface area contributed by atoms with Gasteiger partial charge in [0.2, 0.25) is 0 Å². The topological polar surface area (TPSA) is 74.1 Å². The number of nitrogens with zero attached hydrogens (tertiary/aromatic N) is 2. The fourth-order valence-electron chi connectivity index (χ4n) is 2.76. The SMILES string of the molecule is Cl.Cn1c(CN)c(-c2ccccc2)c2cc([N+](=O)[O-])ccc21. The number of fused-ring (bicyclic) bond motifs is 1. The standard InChI is InChI=1S/C16H15N3O2.ClH/c1-18-14-8-7-12(19(20)21)9-13(14)16(15(18)10-17)11-5-3-2-4-6-11;/h2-9H,10,17H2,1H3;1H. The fourth-order valence-corrected chi connectivity index (χ4v) is 2.76. The molecule has 3 aromatic rings. The Morgan fingerprint density at radius 3 is 2.45 bits per heavy atom. The Morgan fingerprint density at radius 1 is 1.18 bits per heavy atom. The quantitative estimate of drug-likeness (QED) is 0.592. The molecule has 5 nitrogen and oxygen atoms in total. The predicted octanol–water partition coefficient (Wildman–Crippen LogP) is 3.63. The van der Waals surface area contributed by atoms with Crippen LogP contribution in [0.15, 0.2) is 48.5 Å². The lowest BCUT2D eigenvalue weighted by Gasteiger charge is -2.05. The summed E-state index contributed by atoms with van der Waals surface area (Å²) in [7, 11) is 1.93. The van der Waals surface area contributed by atoms with Crippen molar-refractivity contribution in [1.29, 1.82) is 0 Å². The van der Waals surface area contributed by atoms with E-state index in [9.17, 15) is 10.1 Å². The molecule has 114 valence electrons. The Hall–Kier alpha value is -2.37. The number of nitro groups is 1. The Kier molecular flexibility index (Phi) is 4.49. The minimum atomic E-state index is -0.372. The summed E-state index contributed by atoms with van der Waals surface area (Å²) in [6.45, 7) is 0.378. The van der Waals surface area contributed by atoms with Gasteiger partial charge in [-0.3, -0.25) is 10.1 Å². The highest BCUT2D eigenvalue weighted by Gasteiger charge is 2.18. The van der Waals surface area contributed by atoms with E-state index in [1.807, 2.05) is 41.9 Å². The fraction of sp³-hybridized carbons (Fsp3) is 0.125. The monoisotopic (exact) mass is 317 g/mol. The van der Waals surface area contributed by atoms with Gasteiger partial charge in [-0.05, 0) is 11.6 Å². The van der Waals surface area contributed by atoms with Gasteiger partial charge in [0, 0.05) is 47.9 Å². The summed E-state index contributed by atoms with van der Waals surface area (Å²) in [5.74, 6) is 0. The van der Waals surface area contributed by atoms with Crippen LogP contribution in [0.2, 0.25) is 0 Å². The summed E-state index contributed by atoms with van der Waals surface area (Å²) >= 11 is 0. The normalized spacial score (nSPS) is 10.5. The van der Waals surface area contributed by atoms with Crippen LogP contribution in [0.1, 0.15) is 5.69 Å². The zero-order valence-electron chi connectivity index (χ0n) is 12.0. The van der Waals surface area contributed by atoms with E-state index >= 15 is 0 Å². The molecule has 0 amide bonds. The third-order valence-electron chi connectivity index (χ3n) is 3.77. The van der Waals surface area contributed by atoms with Gasteiger partial charge in [-0.2, -0.15) is 0 Å². The summed E-state index contributed by atoms with van der Waals surface area (Å²) in [6.07, 6.45) is 0. The average molecular weight is 318 g/mol. The molecular weight excluding hydrogens is 302 g/mol. The number of non-ortho nitro benzene ring substituents is 1. The Labute approximate surface area is 133 Å². The minimum absolute atomic E-state index is 0. The molecule has 2 N–H and O–H groups in total. The maximum atomic E-state index is 11.0. The van der Waals surface area contributed by atoms with Crippen molar-refractivity contribution in [1.82, 2.24) is 4.57 Å². The molecule has 3 rings (SSSR count). The van der Waals surface area contributed by atoms with Crippen LogP contribution in [0.3, 0.4) is 0 Å². The van der Waals surface area contributed by atoms with Crippen LogP contribution in [0.5, 0.6) is 0 Å². The average Bonchev–Trinajstić information content (AvgIpc) is 2.80. The molecule has 0 fully saturated rings. The van der Waals surface area contributed by atoms with Crippen LogP contribution in [0.25, 0.3) is 22.0 Å². The van der Waals surface area contributed by atoms with E-state index in [1.165, 1.54) is 6.07 Å². The predicted molar refractivity (Wildman–Crippen MR) is 90.1 cm³/mol. The Morgan fingerprint density at radius 2 is 1.86 bits per heavy atom. The van der Waals surface area contributed by atoms with Gasteiger partial charge in [0.1, 0.15) is 0 Å². The zero-order chi connectivity index (χ0) is 15.0. The van der Waals surface area contributed by atoms with E-state index in [4.69, 9.17) is 5.73 Å². The highest BCUT2D eigenvalue weighted by Crippen LogP contribution is 2.36. The van der Waals surface area contributed by atoms with E-state index < -0.39 is 0 Å². The number of hydrogen-bond acceptors (Lipinski definition) is 3. The number of halogens is 1. The van der Waals surface area contributed by atoms with Crippen LogP contribution in [0, 0.1) is 10.1 Å². The lowest BCUT2D eigenvalue weighted by Crippen LogP contribution is -2.04. The smallest absolute Gasteiger partial charge is 0.270 e. The summed E-state index contributed by atoms with van der Waals surface area (Å²) in [5, 5.41) is 11.9. The molecule has 0 saturated heterocycles. The van der Waals surface area contributed by atoms with E-state index in [0.717, 1.165) is 27.7 Å². The van der Waals surface area contributed by atoms with Crippen molar-refractivity contribution in [3.8, 4) is 11.1 Å². The number of benzene rings is 2. The molecule has 1 heterocycles. The highest BCUT2D eigenvalue weighted by atomic mass is 35.5. The number of rotatable bonds is 3. The molecule has 0 spiro atoms. The summed E-state index contributed by atoms with van der Waals surface area (Å²) < 4.78 is 2.00. The van der Waals surface area contributed by atoms with Crippen LogP contribution < -0.4 is 5.73 Å². The molecule has 0 aliphatic carbocycles. The zero-order valence-corrected chi connectivity index (χ0v) is 12.8. The first-order valence-corrected chi connectivity index (χ1v) is 6.64. The first-order valence-electron chi connectivity index (χ1n) is 6.64. The van der Waals surface area contributed by atoms with Crippen LogP contribution in [-0.4, -0.2) is 9.49 Å². The van der Waals surface area contributed by atoms with E-state index in [-0.39, 0.29) is 23.0 Å². The second-order valence-corrected chi connectivity index (χ2v) is 4.91. The van der Waals surface area contributed by atoms with Gasteiger partial charge >= 0.3 is 0 Å². The van der Waals surface area contributed by atoms with Crippen LogP contribution >= 0.6 is 12.4 Å².